The van der Waals surface area contributed by atoms with E-state index in [1.807, 2.05) is 0 Å². The van der Waals surface area contributed by atoms with E-state index in [0.29, 0.717) is 6.42 Å². The molecule has 0 unspecified atom stereocenters. The zero-order valence-corrected chi connectivity index (χ0v) is 6.38. The Kier molecular flexibility index (Phi) is 4.04. The summed E-state index contributed by atoms with van der Waals surface area (Å²) in [5, 5.41) is 0. The summed E-state index contributed by atoms with van der Waals surface area (Å²) in [6.07, 6.45) is 2.28. The van der Waals surface area contributed by atoms with Crippen molar-refractivity contribution in [3.05, 3.63) is 6.92 Å². The van der Waals surface area contributed by atoms with E-state index in [9.17, 15) is 0 Å². The number of hydrogen-bond acceptors (Lipinski definition) is 3. The third kappa shape index (κ3) is 8.10. The summed E-state index contributed by atoms with van der Waals surface area (Å²) in [4.78, 5) is 25.4. The van der Waals surface area contributed by atoms with Crippen LogP contribution in [0.25, 0.3) is 0 Å². The molecule has 0 rings (SSSR count). The Hall–Kier alpha value is 0.0969. The van der Waals surface area contributed by atoms with E-state index in [4.69, 9.17) is 14.4 Å². The molecule has 0 aliphatic carbocycles. The minimum absolute atomic E-state index is 0.141. The van der Waals surface area contributed by atoms with Gasteiger partial charge in [-0.1, -0.05) is 19.8 Å². The van der Waals surface area contributed by atoms with Gasteiger partial charge in [0.05, 0.1) is 0 Å². The number of rotatable bonds is 4. The molecule has 0 heterocycles. The van der Waals surface area contributed by atoms with Gasteiger partial charge in [-0.15, -0.1) is 0 Å². The Balaban J connectivity index is 3.07. The van der Waals surface area contributed by atoms with Gasteiger partial charge in [0, 0.05) is 6.04 Å². The summed E-state index contributed by atoms with van der Waals surface area (Å²) < 4.78 is 0. The number of hydrogen-bond donors (Lipinski definition) is 3. The predicted molar refractivity (Wildman–Crippen MR) is 36.4 cm³/mol. The van der Waals surface area contributed by atoms with Gasteiger partial charge in [-0.2, -0.15) is 0 Å². The fraction of sp³-hybridized carbons (Fsp3) is 0.800. The Bertz CT molecular complexity index is 69.1. The molecule has 0 amide bonds. The summed E-state index contributed by atoms with van der Waals surface area (Å²) in [6.45, 7) is 3.58. The van der Waals surface area contributed by atoms with Gasteiger partial charge in [0.1, 0.15) is 0 Å². The molecule has 9 heavy (non-hydrogen) atoms. The van der Waals surface area contributed by atoms with Gasteiger partial charge in [0.2, 0.25) is 0 Å². The zero-order chi connectivity index (χ0) is 7.33. The second kappa shape index (κ2) is 4.00. The standard InChI is InChI=1S/C5H13O3Si/c1-2-3-4-5-9(6,7)8/h6-8H,1-5H2. The monoisotopic (exact) mass is 149 g/mol. The maximum absolute atomic E-state index is 8.47. The Labute approximate surface area is 56.3 Å². The predicted octanol–water partition coefficient (Wildman–Crippen LogP) is -0.0934. The largest absolute Gasteiger partial charge is 0.492 e. The van der Waals surface area contributed by atoms with Gasteiger partial charge in [-0.3, -0.25) is 0 Å². The van der Waals surface area contributed by atoms with Crippen molar-refractivity contribution in [1.82, 2.24) is 0 Å². The molecule has 0 saturated heterocycles. The second-order valence-corrected chi connectivity index (χ2v) is 4.13. The molecule has 1 radical (unpaired) electrons. The summed E-state index contributed by atoms with van der Waals surface area (Å²) in [5.74, 6) is 0. The summed E-state index contributed by atoms with van der Waals surface area (Å²) in [5.41, 5.74) is 0. The van der Waals surface area contributed by atoms with Crippen LogP contribution in [0.2, 0.25) is 6.04 Å². The van der Waals surface area contributed by atoms with Crippen LogP contribution in [0, 0.1) is 6.92 Å². The van der Waals surface area contributed by atoms with Gasteiger partial charge in [-0.05, 0) is 6.42 Å². The minimum atomic E-state index is -3.72. The quantitative estimate of drug-likeness (QED) is 0.386. The molecule has 3 N–H and O–H groups in total. The normalized spacial score (nSPS) is 12.0. The van der Waals surface area contributed by atoms with Crippen LogP contribution >= 0.6 is 0 Å². The van der Waals surface area contributed by atoms with Crippen LogP contribution in [-0.2, 0) is 0 Å². The lowest BCUT2D eigenvalue weighted by Crippen LogP contribution is -2.33. The minimum Gasteiger partial charge on any atom is -0.390 e. The van der Waals surface area contributed by atoms with Gasteiger partial charge in [0.15, 0.2) is 0 Å². The smallest absolute Gasteiger partial charge is 0.390 e. The summed E-state index contributed by atoms with van der Waals surface area (Å²) >= 11 is 0. The van der Waals surface area contributed by atoms with Crippen LogP contribution in [0.3, 0.4) is 0 Å². The van der Waals surface area contributed by atoms with Crippen molar-refractivity contribution < 1.29 is 14.4 Å². The first kappa shape index (κ1) is 9.10. The van der Waals surface area contributed by atoms with Crippen LogP contribution in [0.15, 0.2) is 0 Å². The summed E-state index contributed by atoms with van der Waals surface area (Å²) in [6, 6.07) is 0.141. The number of unbranched alkanes of at least 4 members (excludes halogenated alkanes) is 2. The molecule has 0 atom stereocenters. The van der Waals surface area contributed by atoms with Crippen molar-refractivity contribution in [3.63, 3.8) is 0 Å². The highest BCUT2D eigenvalue weighted by atomic mass is 28.4. The highest BCUT2D eigenvalue weighted by molar-refractivity contribution is 6.56. The first-order valence-corrected chi connectivity index (χ1v) is 5.07. The lowest BCUT2D eigenvalue weighted by Gasteiger charge is -2.06. The Morgan fingerprint density at radius 1 is 1.11 bits per heavy atom. The first-order chi connectivity index (χ1) is 4.06. The van der Waals surface area contributed by atoms with E-state index in [1.165, 1.54) is 0 Å². The van der Waals surface area contributed by atoms with Crippen molar-refractivity contribution in [2.75, 3.05) is 0 Å². The molecule has 0 bridgehead atoms. The lowest BCUT2D eigenvalue weighted by atomic mass is 10.3. The van der Waals surface area contributed by atoms with Crippen molar-refractivity contribution >= 4 is 8.80 Å². The molecule has 55 valence electrons. The first-order valence-electron chi connectivity index (χ1n) is 3.02. The molecule has 0 aromatic heterocycles. The maximum Gasteiger partial charge on any atom is 0.492 e. The van der Waals surface area contributed by atoms with E-state index in [1.54, 1.807) is 0 Å². The van der Waals surface area contributed by atoms with Crippen LogP contribution in [0.5, 0.6) is 0 Å². The molecule has 4 heteroatoms. The van der Waals surface area contributed by atoms with Crippen LogP contribution in [0.1, 0.15) is 19.3 Å². The van der Waals surface area contributed by atoms with Crippen LogP contribution in [0.4, 0.5) is 0 Å². The fourth-order valence-electron chi connectivity index (χ4n) is 0.539. The lowest BCUT2D eigenvalue weighted by molar-refractivity contribution is 0.226. The van der Waals surface area contributed by atoms with E-state index in [2.05, 4.69) is 6.92 Å². The van der Waals surface area contributed by atoms with Gasteiger partial charge in [-0.25, -0.2) is 0 Å². The zero-order valence-electron chi connectivity index (χ0n) is 5.38. The molecule has 0 saturated carbocycles. The topological polar surface area (TPSA) is 60.7 Å². The van der Waals surface area contributed by atoms with Gasteiger partial charge < -0.3 is 14.4 Å². The maximum atomic E-state index is 8.47. The third-order valence-corrected chi connectivity index (χ3v) is 2.04. The Morgan fingerprint density at radius 3 is 2.00 bits per heavy atom. The molecular formula is C5H13O3Si. The molecule has 0 aromatic carbocycles. The van der Waals surface area contributed by atoms with Gasteiger partial charge in [0.25, 0.3) is 0 Å². The molecule has 0 aliphatic heterocycles. The van der Waals surface area contributed by atoms with E-state index < -0.39 is 8.80 Å². The molecule has 0 aliphatic rings. The van der Waals surface area contributed by atoms with Crippen LogP contribution in [-0.4, -0.2) is 23.2 Å². The molecule has 0 spiro atoms. The SMILES string of the molecule is [CH2]CCCC[Si](O)(O)O. The highest BCUT2D eigenvalue weighted by Gasteiger charge is 2.24. The van der Waals surface area contributed by atoms with Crippen LogP contribution < -0.4 is 0 Å². The highest BCUT2D eigenvalue weighted by Crippen LogP contribution is 2.05. The molecule has 0 aromatic rings. The van der Waals surface area contributed by atoms with Crippen molar-refractivity contribution in [2.45, 2.75) is 25.3 Å². The van der Waals surface area contributed by atoms with Crippen molar-refractivity contribution in [3.8, 4) is 0 Å². The average Bonchev–Trinajstić information content (AvgIpc) is 1.63. The van der Waals surface area contributed by atoms with E-state index >= 15 is 0 Å². The average molecular weight is 149 g/mol. The van der Waals surface area contributed by atoms with E-state index in [-0.39, 0.29) is 6.04 Å². The van der Waals surface area contributed by atoms with Gasteiger partial charge >= 0.3 is 8.80 Å². The Morgan fingerprint density at radius 2 is 1.67 bits per heavy atom. The molecule has 3 nitrogen and oxygen atoms in total. The van der Waals surface area contributed by atoms with Crippen molar-refractivity contribution in [2.24, 2.45) is 0 Å². The molecule has 0 fully saturated rings. The summed E-state index contributed by atoms with van der Waals surface area (Å²) in [7, 11) is -3.72. The second-order valence-electron chi connectivity index (χ2n) is 2.09. The third-order valence-electron chi connectivity index (χ3n) is 1.01. The fourth-order valence-corrected chi connectivity index (χ4v) is 1.26. The van der Waals surface area contributed by atoms with E-state index in [0.717, 1.165) is 12.8 Å². The van der Waals surface area contributed by atoms with Crippen molar-refractivity contribution in [1.29, 1.82) is 0 Å². The molecular weight excluding hydrogens is 136 g/mol.